The fourth-order valence-corrected chi connectivity index (χ4v) is 3.80. The van der Waals surface area contributed by atoms with Crippen molar-refractivity contribution < 1.29 is 9.90 Å². The van der Waals surface area contributed by atoms with E-state index in [2.05, 4.69) is 10.2 Å². The van der Waals surface area contributed by atoms with Gasteiger partial charge in [-0.05, 0) is 38.2 Å². The van der Waals surface area contributed by atoms with Crippen LogP contribution in [0, 0.1) is 0 Å². The number of amides is 1. The maximum Gasteiger partial charge on any atom is 0.275 e. The summed E-state index contributed by atoms with van der Waals surface area (Å²) < 4.78 is 0. The third kappa shape index (κ3) is 1.87. The Morgan fingerprint density at radius 2 is 2.19 bits per heavy atom. The largest absolute Gasteiger partial charge is 0.393 e. The van der Waals surface area contributed by atoms with Gasteiger partial charge in [-0.15, -0.1) is 0 Å². The molecule has 0 radical (unpaired) electrons. The number of likely N-dealkylation sites (tertiary alicyclic amines) is 1. The van der Waals surface area contributed by atoms with Crippen LogP contribution in [0.25, 0.3) is 10.9 Å². The molecule has 2 N–H and O–H groups in total. The van der Waals surface area contributed by atoms with E-state index in [1.165, 1.54) is 0 Å². The molecule has 21 heavy (non-hydrogen) atoms. The number of rotatable bonds is 1. The summed E-state index contributed by atoms with van der Waals surface area (Å²) in [5.74, 6) is -0.000880. The number of aliphatic hydroxyl groups is 1. The average Bonchev–Trinajstić information content (AvgIpc) is 2.88. The monoisotopic (exact) mass is 285 g/mol. The number of piperidine rings is 1. The first-order valence-electron chi connectivity index (χ1n) is 7.63. The molecule has 110 valence electrons. The Labute approximate surface area is 122 Å². The third-order valence-corrected chi connectivity index (χ3v) is 5.08. The van der Waals surface area contributed by atoms with E-state index in [1.54, 1.807) is 0 Å². The predicted molar refractivity (Wildman–Crippen MR) is 79.0 cm³/mol. The highest BCUT2D eigenvalue weighted by Crippen LogP contribution is 2.45. The van der Waals surface area contributed by atoms with Gasteiger partial charge >= 0.3 is 0 Å². The van der Waals surface area contributed by atoms with E-state index in [0.29, 0.717) is 25.1 Å². The molecule has 1 aliphatic heterocycles. The highest BCUT2D eigenvalue weighted by Gasteiger charge is 2.49. The van der Waals surface area contributed by atoms with Crippen LogP contribution in [0.4, 0.5) is 0 Å². The minimum absolute atomic E-state index is 0.000880. The lowest BCUT2D eigenvalue weighted by Gasteiger charge is -2.54. The van der Waals surface area contributed by atoms with E-state index in [1.807, 2.05) is 29.2 Å². The molecule has 5 heteroatoms. The summed E-state index contributed by atoms with van der Waals surface area (Å²) in [7, 11) is 0. The van der Waals surface area contributed by atoms with Crippen molar-refractivity contribution in [2.45, 2.75) is 43.7 Å². The number of hydrogen-bond acceptors (Lipinski definition) is 3. The Morgan fingerprint density at radius 1 is 1.38 bits per heavy atom. The molecule has 1 saturated heterocycles. The topological polar surface area (TPSA) is 69.2 Å². The van der Waals surface area contributed by atoms with Crippen LogP contribution in [0.5, 0.6) is 0 Å². The lowest BCUT2D eigenvalue weighted by atomic mass is 9.69. The standard InChI is InChI=1S/C16H19N3O2/c20-11-6-9-19(16(10-11)7-3-8-16)15(21)14-12-4-1-2-5-13(12)17-18-14/h1-2,4-5,11,20H,3,6-10H2,(H,17,18)/t11-/m0/s1. The van der Waals surface area contributed by atoms with Crippen LogP contribution in [0.1, 0.15) is 42.6 Å². The first kappa shape index (κ1) is 12.8. The second-order valence-corrected chi connectivity index (χ2v) is 6.30. The summed E-state index contributed by atoms with van der Waals surface area (Å²) in [6.07, 6.45) is 4.23. The maximum atomic E-state index is 13.0. The van der Waals surface area contributed by atoms with Gasteiger partial charge in [-0.3, -0.25) is 9.89 Å². The summed E-state index contributed by atoms with van der Waals surface area (Å²) in [4.78, 5) is 14.9. The molecule has 0 bridgehead atoms. The van der Waals surface area contributed by atoms with Gasteiger partial charge in [0.25, 0.3) is 5.91 Å². The van der Waals surface area contributed by atoms with Gasteiger partial charge in [-0.2, -0.15) is 5.10 Å². The molecule has 1 spiro atoms. The van der Waals surface area contributed by atoms with Crippen molar-refractivity contribution in [3.63, 3.8) is 0 Å². The third-order valence-electron chi connectivity index (χ3n) is 5.08. The summed E-state index contributed by atoms with van der Waals surface area (Å²) in [5, 5.41) is 18.0. The molecule has 4 rings (SSSR count). The lowest BCUT2D eigenvalue weighted by Crippen LogP contribution is -2.61. The van der Waals surface area contributed by atoms with Crippen LogP contribution in [-0.4, -0.2) is 44.3 Å². The van der Waals surface area contributed by atoms with Crippen LogP contribution in [-0.2, 0) is 0 Å². The number of benzene rings is 1. The predicted octanol–water partition coefficient (Wildman–Crippen LogP) is 2.08. The Kier molecular flexibility index (Phi) is 2.79. The minimum atomic E-state index is -0.273. The van der Waals surface area contributed by atoms with Crippen molar-refractivity contribution in [2.24, 2.45) is 0 Å². The molecule has 1 saturated carbocycles. The smallest absolute Gasteiger partial charge is 0.275 e. The van der Waals surface area contributed by atoms with Gasteiger partial charge in [0.1, 0.15) is 0 Å². The molecular formula is C16H19N3O2. The van der Waals surface area contributed by atoms with Crippen LogP contribution < -0.4 is 0 Å². The van der Waals surface area contributed by atoms with Crippen LogP contribution in [0.3, 0.4) is 0 Å². The number of fused-ring (bicyclic) bond motifs is 1. The summed E-state index contributed by atoms with van der Waals surface area (Å²) in [6, 6.07) is 7.71. The van der Waals surface area contributed by atoms with E-state index in [9.17, 15) is 9.90 Å². The number of aromatic nitrogens is 2. The zero-order chi connectivity index (χ0) is 14.4. The second-order valence-electron chi connectivity index (χ2n) is 6.30. The summed E-state index contributed by atoms with van der Waals surface area (Å²) in [5.41, 5.74) is 1.27. The van der Waals surface area contributed by atoms with Crippen molar-refractivity contribution in [3.05, 3.63) is 30.0 Å². The zero-order valence-electron chi connectivity index (χ0n) is 11.9. The summed E-state index contributed by atoms with van der Waals surface area (Å²) >= 11 is 0. The van der Waals surface area contributed by atoms with Gasteiger partial charge in [-0.25, -0.2) is 0 Å². The maximum absolute atomic E-state index is 13.0. The Morgan fingerprint density at radius 3 is 2.95 bits per heavy atom. The van der Waals surface area contributed by atoms with Crippen molar-refractivity contribution in [1.29, 1.82) is 0 Å². The van der Waals surface area contributed by atoms with Crippen LogP contribution in [0.2, 0.25) is 0 Å². The quantitative estimate of drug-likeness (QED) is 0.843. The van der Waals surface area contributed by atoms with E-state index < -0.39 is 0 Å². The van der Waals surface area contributed by atoms with Gasteiger partial charge in [0, 0.05) is 17.5 Å². The minimum Gasteiger partial charge on any atom is -0.393 e. The molecule has 1 aliphatic carbocycles. The number of aromatic amines is 1. The molecule has 2 heterocycles. The molecule has 1 atom stereocenters. The molecule has 2 aliphatic rings. The molecule has 1 aromatic carbocycles. The number of H-pyrrole nitrogens is 1. The number of aliphatic hydroxyl groups excluding tert-OH is 1. The van der Waals surface area contributed by atoms with E-state index >= 15 is 0 Å². The Balaban J connectivity index is 1.70. The van der Waals surface area contributed by atoms with Crippen molar-refractivity contribution in [1.82, 2.24) is 15.1 Å². The van der Waals surface area contributed by atoms with Crippen molar-refractivity contribution in [3.8, 4) is 0 Å². The van der Waals surface area contributed by atoms with E-state index in [4.69, 9.17) is 0 Å². The summed E-state index contributed by atoms with van der Waals surface area (Å²) in [6.45, 7) is 0.626. The molecular weight excluding hydrogens is 266 g/mol. The lowest BCUT2D eigenvalue weighted by molar-refractivity contribution is -0.0485. The number of nitrogens with zero attached hydrogens (tertiary/aromatic N) is 2. The van der Waals surface area contributed by atoms with Gasteiger partial charge in [0.05, 0.1) is 11.6 Å². The fourth-order valence-electron chi connectivity index (χ4n) is 3.80. The number of carbonyl (C=O) groups excluding carboxylic acids is 1. The van der Waals surface area contributed by atoms with Gasteiger partial charge < -0.3 is 10.0 Å². The Bertz CT molecular complexity index is 690. The van der Waals surface area contributed by atoms with Crippen LogP contribution in [0.15, 0.2) is 24.3 Å². The number of para-hydroxylation sites is 1. The molecule has 2 fully saturated rings. The number of hydrogen-bond donors (Lipinski definition) is 2. The molecule has 1 amide bonds. The number of carbonyl (C=O) groups is 1. The van der Waals surface area contributed by atoms with Crippen molar-refractivity contribution >= 4 is 16.8 Å². The second kappa shape index (κ2) is 4.56. The average molecular weight is 285 g/mol. The van der Waals surface area contributed by atoms with E-state index in [0.717, 1.165) is 30.2 Å². The first-order chi connectivity index (χ1) is 10.2. The zero-order valence-corrected chi connectivity index (χ0v) is 11.9. The van der Waals surface area contributed by atoms with Crippen LogP contribution >= 0.6 is 0 Å². The van der Waals surface area contributed by atoms with Crippen molar-refractivity contribution in [2.75, 3.05) is 6.54 Å². The van der Waals surface area contributed by atoms with Gasteiger partial charge in [-0.1, -0.05) is 18.2 Å². The molecule has 5 nitrogen and oxygen atoms in total. The number of nitrogens with one attached hydrogen (secondary N) is 1. The van der Waals surface area contributed by atoms with Gasteiger partial charge in [0.2, 0.25) is 0 Å². The SMILES string of the molecule is O=C(c1n[nH]c2ccccc12)N1CC[C@H](O)CC12CCC2. The van der Waals surface area contributed by atoms with E-state index in [-0.39, 0.29) is 17.6 Å². The highest BCUT2D eigenvalue weighted by atomic mass is 16.3. The normalized spacial score (nSPS) is 24.2. The Hall–Kier alpha value is -1.88. The van der Waals surface area contributed by atoms with Gasteiger partial charge in [0.15, 0.2) is 5.69 Å². The first-order valence-corrected chi connectivity index (χ1v) is 7.63. The highest BCUT2D eigenvalue weighted by molar-refractivity contribution is 6.05. The fraction of sp³-hybridized carbons (Fsp3) is 0.500. The molecule has 1 aromatic heterocycles. The molecule has 0 unspecified atom stereocenters. The molecule has 2 aromatic rings.